The minimum atomic E-state index is -0.175. The van der Waals surface area contributed by atoms with Crippen molar-refractivity contribution in [1.82, 2.24) is 0 Å². The van der Waals surface area contributed by atoms with Crippen LogP contribution >= 0.6 is 23.2 Å². The van der Waals surface area contributed by atoms with Gasteiger partial charge in [-0.25, -0.2) is 0 Å². The first-order chi connectivity index (χ1) is 10.6. The number of halogens is 2. The summed E-state index contributed by atoms with van der Waals surface area (Å²) in [6.07, 6.45) is 6.77. The summed E-state index contributed by atoms with van der Waals surface area (Å²) in [5.74, 6) is 0.602. The van der Waals surface area contributed by atoms with Crippen molar-refractivity contribution in [2.45, 2.75) is 0 Å². The molecule has 0 aliphatic carbocycles. The minimum Gasteiger partial charge on any atom is -0.496 e. The van der Waals surface area contributed by atoms with E-state index in [-0.39, 0.29) is 5.78 Å². The van der Waals surface area contributed by atoms with Crippen LogP contribution < -0.4 is 4.74 Å². The van der Waals surface area contributed by atoms with Crippen LogP contribution in [0.2, 0.25) is 10.0 Å². The molecule has 112 valence electrons. The van der Waals surface area contributed by atoms with E-state index < -0.39 is 0 Å². The number of carbonyl (C=O) groups is 1. The van der Waals surface area contributed by atoms with Gasteiger partial charge in [0.15, 0.2) is 5.78 Å². The van der Waals surface area contributed by atoms with Gasteiger partial charge in [0.25, 0.3) is 0 Å². The molecule has 2 rings (SSSR count). The lowest BCUT2D eigenvalue weighted by Crippen LogP contribution is -1.94. The van der Waals surface area contributed by atoms with Gasteiger partial charge >= 0.3 is 0 Å². The third kappa shape index (κ3) is 4.23. The fraction of sp³-hybridized carbons (Fsp3) is 0.0556. The summed E-state index contributed by atoms with van der Waals surface area (Å²) < 4.78 is 5.25. The highest BCUT2D eigenvalue weighted by molar-refractivity contribution is 6.37. The van der Waals surface area contributed by atoms with Crippen molar-refractivity contribution < 1.29 is 9.53 Å². The lowest BCUT2D eigenvalue weighted by molar-refractivity contribution is 0.104. The molecule has 0 bridgehead atoms. The van der Waals surface area contributed by atoms with Crippen LogP contribution in [0, 0.1) is 0 Å². The predicted octanol–water partition coefficient (Wildman–Crippen LogP) is 5.45. The third-order valence-corrected chi connectivity index (χ3v) is 3.52. The Hall–Kier alpha value is -2.03. The van der Waals surface area contributed by atoms with E-state index >= 15 is 0 Å². The molecule has 2 aromatic carbocycles. The van der Waals surface area contributed by atoms with Crippen molar-refractivity contribution >= 4 is 35.1 Å². The number of para-hydroxylation sites is 1. The largest absolute Gasteiger partial charge is 0.496 e. The predicted molar refractivity (Wildman–Crippen MR) is 92.0 cm³/mol. The molecule has 0 heterocycles. The van der Waals surface area contributed by atoms with Crippen LogP contribution in [-0.4, -0.2) is 12.9 Å². The van der Waals surface area contributed by atoms with E-state index in [0.29, 0.717) is 15.6 Å². The van der Waals surface area contributed by atoms with Gasteiger partial charge in [0.1, 0.15) is 5.75 Å². The van der Waals surface area contributed by atoms with Crippen molar-refractivity contribution in [3.05, 3.63) is 81.9 Å². The smallest absolute Gasteiger partial charge is 0.187 e. The lowest BCUT2D eigenvalue weighted by atomic mass is 10.1. The maximum absolute atomic E-state index is 12.0. The molecule has 0 saturated carbocycles. The van der Waals surface area contributed by atoms with Crippen molar-refractivity contribution in [2.75, 3.05) is 7.11 Å². The Bertz CT molecular complexity index is 734. The summed E-state index contributed by atoms with van der Waals surface area (Å²) in [7, 11) is 1.62. The zero-order valence-electron chi connectivity index (χ0n) is 11.9. The Morgan fingerprint density at radius 1 is 1.09 bits per heavy atom. The van der Waals surface area contributed by atoms with Gasteiger partial charge in [-0.2, -0.15) is 0 Å². The molecule has 0 spiro atoms. The van der Waals surface area contributed by atoms with E-state index in [2.05, 4.69) is 0 Å². The highest BCUT2D eigenvalue weighted by Crippen LogP contribution is 2.22. The van der Waals surface area contributed by atoms with E-state index in [4.69, 9.17) is 27.9 Å². The van der Waals surface area contributed by atoms with Gasteiger partial charge in [-0.3, -0.25) is 4.79 Å². The van der Waals surface area contributed by atoms with Crippen LogP contribution in [0.3, 0.4) is 0 Å². The van der Waals surface area contributed by atoms with E-state index in [1.54, 1.807) is 37.5 Å². The average Bonchev–Trinajstić information content (AvgIpc) is 2.51. The molecular weight excluding hydrogens is 319 g/mol. The maximum Gasteiger partial charge on any atom is 0.187 e. The number of ketones is 1. The van der Waals surface area contributed by atoms with Gasteiger partial charge in [0.2, 0.25) is 0 Å². The van der Waals surface area contributed by atoms with Crippen molar-refractivity contribution in [3.8, 4) is 5.75 Å². The number of methoxy groups -OCH3 is 1. The number of rotatable bonds is 5. The first kappa shape index (κ1) is 16.3. The first-order valence-electron chi connectivity index (χ1n) is 6.59. The van der Waals surface area contributed by atoms with Crippen molar-refractivity contribution in [2.24, 2.45) is 0 Å². The zero-order chi connectivity index (χ0) is 15.9. The van der Waals surface area contributed by atoms with E-state index in [0.717, 1.165) is 11.3 Å². The van der Waals surface area contributed by atoms with Gasteiger partial charge < -0.3 is 4.74 Å². The van der Waals surface area contributed by atoms with E-state index in [1.807, 2.05) is 30.3 Å². The number of hydrogen-bond acceptors (Lipinski definition) is 2. The third-order valence-electron chi connectivity index (χ3n) is 2.97. The second-order valence-electron chi connectivity index (χ2n) is 4.45. The Kier molecular flexibility index (Phi) is 5.82. The SMILES string of the molecule is COc1ccccc1/C=C/C=C/C(=O)c1ccc(Cl)cc1Cl. The molecule has 0 aliphatic heterocycles. The molecular formula is C18H14Cl2O2. The lowest BCUT2D eigenvalue weighted by Gasteiger charge is -2.02. The minimum absolute atomic E-state index is 0.175. The van der Waals surface area contributed by atoms with E-state index in [1.165, 1.54) is 6.08 Å². The molecule has 0 aromatic heterocycles. The van der Waals surface area contributed by atoms with Crippen LogP contribution in [0.25, 0.3) is 6.08 Å². The molecule has 0 aliphatic rings. The van der Waals surface area contributed by atoms with Gasteiger partial charge in [-0.15, -0.1) is 0 Å². The zero-order valence-corrected chi connectivity index (χ0v) is 13.4. The summed E-state index contributed by atoms with van der Waals surface area (Å²) in [5, 5.41) is 0.845. The molecule has 2 nitrogen and oxygen atoms in total. The quantitative estimate of drug-likeness (QED) is 0.413. The number of carbonyl (C=O) groups excluding carboxylic acids is 1. The number of benzene rings is 2. The summed E-state index contributed by atoms with van der Waals surface area (Å²) in [4.78, 5) is 12.0. The molecule has 0 saturated heterocycles. The van der Waals surface area contributed by atoms with E-state index in [9.17, 15) is 4.79 Å². The summed E-state index contributed by atoms with van der Waals surface area (Å²) in [5.41, 5.74) is 1.36. The van der Waals surface area contributed by atoms with Crippen molar-refractivity contribution in [1.29, 1.82) is 0 Å². The Morgan fingerprint density at radius 2 is 1.86 bits per heavy atom. The van der Waals surface area contributed by atoms with Crippen LogP contribution in [0.4, 0.5) is 0 Å². The normalized spacial score (nSPS) is 11.2. The molecule has 0 unspecified atom stereocenters. The number of allylic oxidation sites excluding steroid dienone is 3. The maximum atomic E-state index is 12.0. The van der Waals surface area contributed by atoms with Crippen LogP contribution in [0.5, 0.6) is 5.75 Å². The molecule has 22 heavy (non-hydrogen) atoms. The molecule has 0 fully saturated rings. The van der Waals surface area contributed by atoms with Gasteiger partial charge in [0.05, 0.1) is 12.1 Å². The summed E-state index contributed by atoms with van der Waals surface area (Å²) in [6.45, 7) is 0. The fourth-order valence-electron chi connectivity index (χ4n) is 1.89. The monoisotopic (exact) mass is 332 g/mol. The second kappa shape index (κ2) is 7.83. The van der Waals surface area contributed by atoms with Crippen LogP contribution in [0.1, 0.15) is 15.9 Å². The molecule has 0 radical (unpaired) electrons. The molecule has 2 aromatic rings. The fourth-order valence-corrected chi connectivity index (χ4v) is 2.39. The molecule has 0 amide bonds. The molecule has 0 N–H and O–H groups in total. The van der Waals surface area contributed by atoms with Crippen LogP contribution in [-0.2, 0) is 0 Å². The summed E-state index contributed by atoms with van der Waals surface area (Å²) >= 11 is 11.8. The highest BCUT2D eigenvalue weighted by Gasteiger charge is 2.07. The van der Waals surface area contributed by atoms with Gasteiger partial charge in [-0.05, 0) is 30.3 Å². The Balaban J connectivity index is 2.08. The average molecular weight is 333 g/mol. The van der Waals surface area contributed by atoms with Gasteiger partial charge in [0, 0.05) is 16.1 Å². The highest BCUT2D eigenvalue weighted by atomic mass is 35.5. The number of ether oxygens (including phenoxy) is 1. The summed E-state index contributed by atoms with van der Waals surface area (Å²) in [6, 6.07) is 12.4. The van der Waals surface area contributed by atoms with Gasteiger partial charge in [-0.1, -0.05) is 59.6 Å². The first-order valence-corrected chi connectivity index (χ1v) is 7.34. The number of hydrogen-bond donors (Lipinski definition) is 0. The second-order valence-corrected chi connectivity index (χ2v) is 5.29. The Morgan fingerprint density at radius 3 is 2.59 bits per heavy atom. The molecule has 0 atom stereocenters. The molecule has 4 heteroatoms. The standard InChI is InChI=1S/C18H14Cl2O2/c1-22-18-9-5-3-7-13(18)6-2-4-8-17(21)15-11-10-14(19)12-16(15)20/h2-12H,1H3/b6-2+,8-4+. The van der Waals surface area contributed by atoms with Crippen molar-refractivity contribution in [3.63, 3.8) is 0 Å². The van der Waals surface area contributed by atoms with Crippen LogP contribution in [0.15, 0.2) is 60.7 Å². The topological polar surface area (TPSA) is 26.3 Å². The Labute approximate surface area is 139 Å².